The maximum Gasteiger partial charge on any atom is 0.128 e. The van der Waals surface area contributed by atoms with E-state index in [2.05, 4.69) is 63.3 Å². The lowest BCUT2D eigenvalue weighted by molar-refractivity contribution is 0.0461. The van der Waals surface area contributed by atoms with Crippen LogP contribution in [-0.4, -0.2) is 71.9 Å². The fraction of sp³-hybridized carbons (Fsp3) is 0.364. The van der Waals surface area contributed by atoms with E-state index >= 15 is 0 Å². The quantitative estimate of drug-likeness (QED) is 0.367. The number of aliphatic hydroxyl groups is 1. The van der Waals surface area contributed by atoms with Gasteiger partial charge in [-0.25, -0.2) is 0 Å². The summed E-state index contributed by atoms with van der Waals surface area (Å²) in [4.78, 5) is 9.35. The summed E-state index contributed by atoms with van der Waals surface area (Å²) in [6, 6.07) is 27.9. The Morgan fingerprint density at radius 2 is 1.47 bits per heavy atom. The Labute approximate surface area is 225 Å². The van der Waals surface area contributed by atoms with Crippen molar-refractivity contribution in [2.75, 3.05) is 45.9 Å². The molecule has 2 heterocycles. The Morgan fingerprint density at radius 3 is 2.21 bits per heavy atom. The van der Waals surface area contributed by atoms with E-state index in [1.54, 1.807) is 6.20 Å². The van der Waals surface area contributed by atoms with Crippen molar-refractivity contribution in [3.05, 3.63) is 107 Å². The van der Waals surface area contributed by atoms with Crippen molar-refractivity contribution in [3.8, 4) is 5.75 Å². The number of aromatic nitrogens is 1. The highest BCUT2D eigenvalue weighted by Crippen LogP contribution is 2.36. The van der Waals surface area contributed by atoms with Gasteiger partial charge in [-0.1, -0.05) is 54.6 Å². The van der Waals surface area contributed by atoms with E-state index < -0.39 is 6.10 Å². The van der Waals surface area contributed by atoms with Crippen LogP contribution in [0.3, 0.4) is 0 Å². The molecular weight excluding hydrogens is 470 g/mol. The molecule has 1 aromatic heterocycles. The lowest BCUT2D eigenvalue weighted by Gasteiger charge is -2.36. The van der Waals surface area contributed by atoms with Gasteiger partial charge in [0, 0.05) is 50.2 Å². The van der Waals surface area contributed by atoms with E-state index in [1.807, 2.05) is 30.3 Å². The summed E-state index contributed by atoms with van der Waals surface area (Å²) in [5.41, 5.74) is 6.96. The molecule has 5 heteroatoms. The molecule has 0 saturated carbocycles. The number of piperazine rings is 1. The first kappa shape index (κ1) is 25.1. The number of ether oxygens (including phenoxy) is 1. The second kappa shape index (κ2) is 11.6. The Morgan fingerprint density at radius 1 is 0.789 bits per heavy atom. The van der Waals surface area contributed by atoms with E-state index in [9.17, 15) is 5.11 Å². The van der Waals surface area contributed by atoms with Crippen LogP contribution in [0.1, 0.15) is 34.6 Å². The highest BCUT2D eigenvalue weighted by Gasteiger charge is 2.25. The first-order chi connectivity index (χ1) is 18.7. The molecule has 1 unspecified atom stereocenters. The third-order valence-corrected chi connectivity index (χ3v) is 8.23. The van der Waals surface area contributed by atoms with Gasteiger partial charge < -0.3 is 14.7 Å². The average Bonchev–Trinajstić information content (AvgIpc) is 3.12. The van der Waals surface area contributed by atoms with Crippen molar-refractivity contribution in [2.24, 2.45) is 0 Å². The van der Waals surface area contributed by atoms with Gasteiger partial charge in [-0.05, 0) is 72.3 Å². The molecule has 2 aliphatic rings. The van der Waals surface area contributed by atoms with E-state index in [-0.39, 0.29) is 6.61 Å². The molecule has 0 amide bonds. The van der Waals surface area contributed by atoms with Gasteiger partial charge in [0.1, 0.15) is 18.5 Å². The third kappa shape index (κ3) is 5.60. The number of rotatable bonds is 8. The van der Waals surface area contributed by atoms with E-state index in [0.717, 1.165) is 68.6 Å². The number of β-amino-alcohol motifs (C(OH)–C–C–N with tert-alkyl or cyclic N) is 1. The largest absolute Gasteiger partial charge is 0.490 e. The minimum atomic E-state index is -0.521. The summed E-state index contributed by atoms with van der Waals surface area (Å²) in [6.45, 7) is 6.06. The highest BCUT2D eigenvalue weighted by atomic mass is 16.5. The standard InChI is InChI=1S/C33H37N3O2/c37-27(24-38-33-13-5-12-32-31(33)11-6-17-34-32)23-36-21-19-35(20-22-36)18-16-30-28-9-3-1-7-25(28)14-15-26-8-2-4-10-29(26)30/h1-13,17,27,30,37H,14-16,18-24H2. The average molecular weight is 508 g/mol. The van der Waals surface area contributed by atoms with Crippen molar-refractivity contribution >= 4 is 10.9 Å². The second-order valence-corrected chi connectivity index (χ2v) is 10.7. The zero-order valence-corrected chi connectivity index (χ0v) is 22.0. The van der Waals surface area contributed by atoms with Gasteiger partial charge in [-0.2, -0.15) is 0 Å². The van der Waals surface area contributed by atoms with Gasteiger partial charge in [0.25, 0.3) is 0 Å². The van der Waals surface area contributed by atoms with Crippen LogP contribution in [0.15, 0.2) is 85.1 Å². The fourth-order valence-corrected chi connectivity index (χ4v) is 6.20. The molecule has 1 N–H and O–H groups in total. The zero-order valence-electron chi connectivity index (χ0n) is 22.0. The van der Waals surface area contributed by atoms with E-state index in [0.29, 0.717) is 12.5 Å². The number of hydrogen-bond donors (Lipinski definition) is 1. The van der Waals surface area contributed by atoms with Gasteiger partial charge in [0.15, 0.2) is 0 Å². The van der Waals surface area contributed by atoms with Gasteiger partial charge in [-0.15, -0.1) is 0 Å². The number of pyridine rings is 1. The van der Waals surface area contributed by atoms with Gasteiger partial charge in [-0.3, -0.25) is 9.88 Å². The topological polar surface area (TPSA) is 48.8 Å². The minimum absolute atomic E-state index is 0.286. The maximum atomic E-state index is 10.7. The van der Waals surface area contributed by atoms with Crippen molar-refractivity contribution in [2.45, 2.75) is 31.3 Å². The summed E-state index contributed by atoms with van der Waals surface area (Å²) in [5, 5.41) is 11.7. The van der Waals surface area contributed by atoms with Crippen LogP contribution in [0, 0.1) is 0 Å². The molecule has 1 fully saturated rings. The van der Waals surface area contributed by atoms with Crippen LogP contribution in [0.4, 0.5) is 0 Å². The number of nitrogens with zero attached hydrogens (tertiary/aromatic N) is 3. The Balaban J connectivity index is 1.01. The number of aryl methyl sites for hydroxylation is 2. The van der Waals surface area contributed by atoms with Crippen molar-refractivity contribution in [1.29, 1.82) is 0 Å². The molecule has 1 aliphatic heterocycles. The number of fused-ring (bicyclic) bond motifs is 3. The first-order valence-electron chi connectivity index (χ1n) is 14.0. The predicted octanol–water partition coefficient (Wildman–Crippen LogP) is 4.91. The van der Waals surface area contributed by atoms with Crippen LogP contribution in [0.5, 0.6) is 5.75 Å². The van der Waals surface area contributed by atoms with Crippen molar-refractivity contribution in [3.63, 3.8) is 0 Å². The maximum absolute atomic E-state index is 10.7. The smallest absolute Gasteiger partial charge is 0.128 e. The molecule has 3 aromatic carbocycles. The summed E-state index contributed by atoms with van der Waals surface area (Å²) >= 11 is 0. The SMILES string of the molecule is OC(COc1cccc2ncccc12)CN1CCN(CCC2c3ccccc3CCc3ccccc32)CC1. The van der Waals surface area contributed by atoms with Crippen LogP contribution in [0.25, 0.3) is 10.9 Å². The molecule has 1 aliphatic carbocycles. The molecule has 1 atom stereocenters. The zero-order chi connectivity index (χ0) is 25.7. The molecule has 5 nitrogen and oxygen atoms in total. The van der Waals surface area contributed by atoms with Crippen LogP contribution < -0.4 is 4.74 Å². The number of aliphatic hydroxyl groups excluding tert-OH is 1. The van der Waals surface area contributed by atoms with Crippen LogP contribution >= 0.6 is 0 Å². The highest BCUT2D eigenvalue weighted by molar-refractivity contribution is 5.84. The lowest BCUT2D eigenvalue weighted by Crippen LogP contribution is -2.49. The summed E-state index contributed by atoms with van der Waals surface area (Å²) in [5.74, 6) is 1.24. The molecule has 4 aromatic rings. The van der Waals surface area contributed by atoms with Gasteiger partial charge >= 0.3 is 0 Å². The van der Waals surface area contributed by atoms with E-state index in [1.165, 1.54) is 22.3 Å². The summed E-state index contributed by atoms with van der Waals surface area (Å²) < 4.78 is 5.99. The number of benzene rings is 3. The minimum Gasteiger partial charge on any atom is -0.490 e. The molecule has 0 bridgehead atoms. The van der Waals surface area contributed by atoms with Crippen molar-refractivity contribution < 1.29 is 9.84 Å². The van der Waals surface area contributed by atoms with Crippen LogP contribution in [0.2, 0.25) is 0 Å². The summed E-state index contributed by atoms with van der Waals surface area (Å²) in [7, 11) is 0. The predicted molar refractivity (Wildman–Crippen MR) is 153 cm³/mol. The molecular formula is C33H37N3O2. The van der Waals surface area contributed by atoms with Gasteiger partial charge in [0.2, 0.25) is 0 Å². The molecule has 0 spiro atoms. The lowest BCUT2D eigenvalue weighted by atomic mass is 9.85. The third-order valence-electron chi connectivity index (χ3n) is 8.23. The fourth-order valence-electron chi connectivity index (χ4n) is 6.20. The Hall–Kier alpha value is -3.25. The first-order valence-corrected chi connectivity index (χ1v) is 14.0. The normalized spacial score (nSPS) is 17.5. The molecule has 6 rings (SSSR count). The van der Waals surface area contributed by atoms with Gasteiger partial charge in [0.05, 0.1) is 5.52 Å². The summed E-state index contributed by atoms with van der Waals surface area (Å²) in [6.07, 6.45) is 4.67. The second-order valence-electron chi connectivity index (χ2n) is 10.7. The molecule has 38 heavy (non-hydrogen) atoms. The van der Waals surface area contributed by atoms with Crippen LogP contribution in [-0.2, 0) is 12.8 Å². The number of hydrogen-bond acceptors (Lipinski definition) is 5. The molecule has 1 saturated heterocycles. The monoisotopic (exact) mass is 507 g/mol. The Kier molecular flexibility index (Phi) is 7.68. The molecule has 196 valence electrons. The van der Waals surface area contributed by atoms with Crippen molar-refractivity contribution in [1.82, 2.24) is 14.8 Å². The Bertz CT molecular complexity index is 1310. The van der Waals surface area contributed by atoms with E-state index in [4.69, 9.17) is 4.74 Å². The molecule has 0 radical (unpaired) electrons.